The molecule has 2 rings (SSSR count). The average Bonchev–Trinajstić information content (AvgIpc) is 2.28. The van der Waals surface area contributed by atoms with Gasteiger partial charge in [-0.05, 0) is 19.9 Å². The molecular weight excluding hydrogens is 235 g/mol. The first kappa shape index (κ1) is 12.4. The Hall–Kier alpha value is -2.02. The highest BCUT2D eigenvalue weighted by atomic mass is 19.1. The largest absolute Gasteiger partial charge is 0.317 e. The van der Waals surface area contributed by atoms with Gasteiger partial charge < -0.3 is 10.6 Å². The summed E-state index contributed by atoms with van der Waals surface area (Å²) in [7, 11) is 0. The third kappa shape index (κ3) is 2.62. The quantitative estimate of drug-likeness (QED) is 0.703. The maximum absolute atomic E-state index is 13.2. The summed E-state index contributed by atoms with van der Waals surface area (Å²) in [5.41, 5.74) is 6.51. The molecule has 0 fully saturated rings. The second-order valence-electron chi connectivity index (χ2n) is 4.26. The van der Waals surface area contributed by atoms with E-state index >= 15 is 0 Å². The number of hydrogen-bond acceptors (Lipinski definition) is 4. The molecule has 0 radical (unpaired) electrons. The van der Waals surface area contributed by atoms with Gasteiger partial charge in [0.05, 0.1) is 12.5 Å². The van der Waals surface area contributed by atoms with Crippen molar-refractivity contribution in [2.75, 3.05) is 0 Å². The molecule has 0 amide bonds. The number of pyridine rings is 1. The molecule has 0 bridgehead atoms. The Morgan fingerprint density at radius 2 is 2.22 bits per heavy atom. The molecule has 1 aromatic rings. The van der Waals surface area contributed by atoms with Crippen LogP contribution in [0.25, 0.3) is 0 Å². The van der Waals surface area contributed by atoms with Crippen LogP contribution in [0.5, 0.6) is 0 Å². The van der Waals surface area contributed by atoms with Gasteiger partial charge in [0.2, 0.25) is 5.79 Å². The normalized spacial score (nSPS) is 25.1. The molecule has 0 saturated heterocycles. The Balaban J connectivity index is 2.32. The highest BCUT2D eigenvalue weighted by Crippen LogP contribution is 2.17. The van der Waals surface area contributed by atoms with Crippen molar-refractivity contribution in [3.8, 4) is 0 Å². The molecule has 0 aromatic carbocycles. The van der Waals surface area contributed by atoms with Crippen molar-refractivity contribution >= 4 is 12.3 Å². The van der Waals surface area contributed by atoms with Crippen LogP contribution in [-0.2, 0) is 5.79 Å². The van der Waals surface area contributed by atoms with Crippen LogP contribution in [0.1, 0.15) is 19.4 Å². The Labute approximate surface area is 104 Å². The Bertz CT molecular complexity index is 498. The van der Waals surface area contributed by atoms with Crippen molar-refractivity contribution in [2.24, 2.45) is 15.7 Å². The van der Waals surface area contributed by atoms with E-state index in [2.05, 4.69) is 25.6 Å². The van der Waals surface area contributed by atoms with Crippen LogP contribution in [0.2, 0.25) is 0 Å². The van der Waals surface area contributed by atoms with Crippen molar-refractivity contribution < 1.29 is 4.39 Å². The van der Waals surface area contributed by atoms with Crippen LogP contribution in [0.4, 0.5) is 4.39 Å². The Morgan fingerprint density at radius 3 is 2.89 bits per heavy atom. The minimum absolute atomic E-state index is 0.0985. The summed E-state index contributed by atoms with van der Waals surface area (Å²) in [5, 5.41) is 5.76. The van der Waals surface area contributed by atoms with Gasteiger partial charge in [-0.2, -0.15) is 0 Å². The number of nitrogens with two attached hydrogens (primary N) is 1. The standard InChI is InChI=1S/C11H15FN6/c1-7(2)17-10-15-6-16-11(13,18-10)8-3-9(12)5-14-4-8/h3-7H,13H2,1-2H3,(H2,15,16,17,18). The van der Waals surface area contributed by atoms with Gasteiger partial charge in [-0.15, -0.1) is 0 Å². The molecule has 0 aliphatic carbocycles. The summed E-state index contributed by atoms with van der Waals surface area (Å²) in [6, 6.07) is 1.39. The van der Waals surface area contributed by atoms with E-state index in [4.69, 9.17) is 5.73 Å². The fraction of sp³-hybridized carbons (Fsp3) is 0.364. The van der Waals surface area contributed by atoms with Crippen LogP contribution in [0.3, 0.4) is 0 Å². The van der Waals surface area contributed by atoms with E-state index in [0.29, 0.717) is 11.5 Å². The molecule has 96 valence electrons. The van der Waals surface area contributed by atoms with Crippen LogP contribution >= 0.6 is 0 Å². The van der Waals surface area contributed by atoms with E-state index in [9.17, 15) is 4.39 Å². The molecule has 2 heterocycles. The first-order chi connectivity index (χ1) is 8.49. The summed E-state index contributed by atoms with van der Waals surface area (Å²) in [6.45, 7) is 3.87. The van der Waals surface area contributed by atoms with Gasteiger partial charge in [-0.25, -0.2) is 9.38 Å². The van der Waals surface area contributed by atoms with E-state index < -0.39 is 11.6 Å². The molecule has 7 heteroatoms. The topological polar surface area (TPSA) is 87.7 Å². The number of nitrogens with one attached hydrogen (secondary N) is 2. The average molecular weight is 250 g/mol. The first-order valence-corrected chi connectivity index (χ1v) is 5.56. The number of rotatable bonds is 2. The number of nitrogens with zero attached hydrogens (tertiary/aromatic N) is 3. The van der Waals surface area contributed by atoms with Gasteiger partial charge in [-0.1, -0.05) is 0 Å². The van der Waals surface area contributed by atoms with E-state index in [1.54, 1.807) is 0 Å². The lowest BCUT2D eigenvalue weighted by Gasteiger charge is -2.31. The number of aliphatic imine (C=N–C) groups is 2. The SMILES string of the molecule is CC(C)N=C1NC=NC(N)(c2cncc(F)c2)N1. The van der Waals surface area contributed by atoms with Crippen LogP contribution in [-0.4, -0.2) is 23.3 Å². The lowest BCUT2D eigenvalue weighted by molar-refractivity contribution is 0.414. The third-order valence-corrected chi connectivity index (χ3v) is 2.31. The predicted octanol–water partition coefficient (Wildman–Crippen LogP) is 0.275. The summed E-state index contributed by atoms with van der Waals surface area (Å²) in [4.78, 5) is 12.1. The maximum Gasteiger partial charge on any atom is 0.214 e. The maximum atomic E-state index is 13.2. The summed E-state index contributed by atoms with van der Waals surface area (Å²) in [5.74, 6) is -1.23. The minimum Gasteiger partial charge on any atom is -0.317 e. The molecule has 1 aliphatic heterocycles. The summed E-state index contributed by atoms with van der Waals surface area (Å²) >= 11 is 0. The van der Waals surface area contributed by atoms with Crippen molar-refractivity contribution in [3.05, 3.63) is 29.8 Å². The van der Waals surface area contributed by atoms with E-state index in [-0.39, 0.29) is 6.04 Å². The van der Waals surface area contributed by atoms with Gasteiger partial charge in [0.1, 0.15) is 5.82 Å². The summed E-state index contributed by atoms with van der Waals surface area (Å²) in [6.07, 6.45) is 4.01. The third-order valence-electron chi connectivity index (χ3n) is 2.31. The molecular formula is C11H15FN6. The zero-order valence-corrected chi connectivity index (χ0v) is 10.2. The van der Waals surface area contributed by atoms with Gasteiger partial charge in [-0.3, -0.25) is 15.7 Å². The molecule has 0 saturated carbocycles. The zero-order chi connectivity index (χ0) is 13.2. The van der Waals surface area contributed by atoms with Crippen LogP contribution in [0, 0.1) is 5.82 Å². The van der Waals surface area contributed by atoms with E-state index in [0.717, 1.165) is 6.20 Å². The molecule has 1 atom stereocenters. The Morgan fingerprint density at radius 1 is 1.44 bits per heavy atom. The van der Waals surface area contributed by atoms with Crippen molar-refractivity contribution in [1.82, 2.24) is 15.6 Å². The van der Waals surface area contributed by atoms with Crippen LogP contribution < -0.4 is 16.4 Å². The molecule has 1 unspecified atom stereocenters. The second kappa shape index (κ2) is 4.69. The number of hydrogen-bond donors (Lipinski definition) is 3. The highest BCUT2D eigenvalue weighted by molar-refractivity contribution is 5.92. The fourth-order valence-electron chi connectivity index (χ4n) is 1.54. The first-order valence-electron chi connectivity index (χ1n) is 5.56. The van der Waals surface area contributed by atoms with Gasteiger partial charge >= 0.3 is 0 Å². The molecule has 18 heavy (non-hydrogen) atoms. The second-order valence-corrected chi connectivity index (χ2v) is 4.26. The lowest BCUT2D eigenvalue weighted by atomic mass is 10.1. The molecule has 6 nitrogen and oxygen atoms in total. The van der Waals surface area contributed by atoms with Crippen LogP contribution in [0.15, 0.2) is 28.4 Å². The Kier molecular flexibility index (Phi) is 3.24. The minimum atomic E-state index is -1.26. The van der Waals surface area contributed by atoms with Crippen molar-refractivity contribution in [2.45, 2.75) is 25.7 Å². The monoisotopic (exact) mass is 250 g/mol. The van der Waals surface area contributed by atoms with Gasteiger partial charge in [0.25, 0.3) is 0 Å². The molecule has 4 N–H and O–H groups in total. The number of guanidine groups is 1. The van der Waals surface area contributed by atoms with Crippen molar-refractivity contribution in [1.29, 1.82) is 0 Å². The van der Waals surface area contributed by atoms with E-state index in [1.165, 1.54) is 18.6 Å². The van der Waals surface area contributed by atoms with Gasteiger partial charge in [0, 0.05) is 17.8 Å². The molecule has 1 aromatic heterocycles. The lowest BCUT2D eigenvalue weighted by Crippen LogP contribution is -2.59. The number of halogens is 1. The van der Waals surface area contributed by atoms with E-state index in [1.807, 2.05) is 13.8 Å². The zero-order valence-electron chi connectivity index (χ0n) is 10.2. The summed E-state index contributed by atoms with van der Waals surface area (Å²) < 4.78 is 13.2. The molecule has 1 aliphatic rings. The fourth-order valence-corrected chi connectivity index (χ4v) is 1.54. The number of aromatic nitrogens is 1. The predicted molar refractivity (Wildman–Crippen MR) is 67.4 cm³/mol. The van der Waals surface area contributed by atoms with Crippen molar-refractivity contribution in [3.63, 3.8) is 0 Å². The highest BCUT2D eigenvalue weighted by Gasteiger charge is 2.30. The smallest absolute Gasteiger partial charge is 0.214 e. The molecule has 0 spiro atoms. The van der Waals surface area contributed by atoms with Gasteiger partial charge in [0.15, 0.2) is 5.96 Å².